The van der Waals surface area contributed by atoms with Crippen LogP contribution in [0.2, 0.25) is 0 Å². The van der Waals surface area contributed by atoms with Gasteiger partial charge in [0.25, 0.3) is 0 Å². The van der Waals surface area contributed by atoms with Crippen LogP contribution in [0.1, 0.15) is 39.5 Å². The first-order chi connectivity index (χ1) is 8.52. The Kier molecular flexibility index (Phi) is 2.74. The Balaban J connectivity index is 1.98. The van der Waals surface area contributed by atoms with Crippen LogP contribution in [-0.4, -0.2) is 17.6 Å². The van der Waals surface area contributed by atoms with Crippen molar-refractivity contribution < 1.29 is 9.90 Å². The topological polar surface area (TPSA) is 63.3 Å². The third-order valence-electron chi connectivity index (χ3n) is 6.36. The zero-order chi connectivity index (χ0) is 13.1. The molecule has 0 amide bonds. The van der Waals surface area contributed by atoms with Crippen LogP contribution in [0.3, 0.4) is 0 Å². The summed E-state index contributed by atoms with van der Waals surface area (Å²) >= 11 is 0. The van der Waals surface area contributed by atoms with E-state index in [0.29, 0.717) is 18.4 Å². The Morgan fingerprint density at radius 3 is 2.61 bits per heavy atom. The van der Waals surface area contributed by atoms with Gasteiger partial charge in [-0.2, -0.15) is 0 Å². The highest BCUT2D eigenvalue weighted by Crippen LogP contribution is 2.72. The lowest BCUT2D eigenvalue weighted by molar-refractivity contribution is -0.184. The van der Waals surface area contributed by atoms with Gasteiger partial charge in [0, 0.05) is 5.41 Å². The van der Waals surface area contributed by atoms with Crippen molar-refractivity contribution in [3.05, 3.63) is 0 Å². The number of carboxylic acid groups (broad SMARTS) is 1. The average Bonchev–Trinajstić information content (AvgIpc) is 2.49. The van der Waals surface area contributed by atoms with E-state index in [1.165, 1.54) is 25.7 Å². The first kappa shape index (κ1) is 12.5. The number of nitrogens with two attached hydrogens (primary N) is 1. The fraction of sp³-hybridized carbons (Fsp3) is 0.933. The summed E-state index contributed by atoms with van der Waals surface area (Å²) in [6.07, 6.45) is 5.12. The van der Waals surface area contributed by atoms with Crippen molar-refractivity contribution in [3.8, 4) is 0 Å². The van der Waals surface area contributed by atoms with Crippen LogP contribution in [-0.2, 0) is 4.79 Å². The molecule has 0 spiro atoms. The molecule has 3 aliphatic rings. The minimum atomic E-state index is -0.621. The monoisotopic (exact) mass is 251 g/mol. The molecule has 3 rings (SSSR count). The standard InChI is InChI=1S/C15H25NO2/c1-8(2)13(14(17)18)15(7-16)11-4-3-9-5-10(11)12(15)6-9/h8-13H,3-7,16H2,1-2H3,(H,17,18)/t9-,10-,11+,12-,13?,15+/m1/s1. The van der Waals surface area contributed by atoms with Gasteiger partial charge >= 0.3 is 5.97 Å². The van der Waals surface area contributed by atoms with Crippen molar-refractivity contribution in [1.29, 1.82) is 0 Å². The number of hydrogen-bond donors (Lipinski definition) is 2. The van der Waals surface area contributed by atoms with Crippen molar-refractivity contribution in [2.75, 3.05) is 6.54 Å². The maximum Gasteiger partial charge on any atom is 0.307 e. The van der Waals surface area contributed by atoms with Crippen LogP contribution in [0.15, 0.2) is 0 Å². The van der Waals surface area contributed by atoms with E-state index in [2.05, 4.69) is 0 Å². The lowest BCUT2D eigenvalue weighted by atomic mass is 9.41. The van der Waals surface area contributed by atoms with Crippen LogP contribution in [0.25, 0.3) is 0 Å². The van der Waals surface area contributed by atoms with Crippen LogP contribution < -0.4 is 5.73 Å². The maximum absolute atomic E-state index is 11.7. The van der Waals surface area contributed by atoms with E-state index < -0.39 is 5.97 Å². The minimum absolute atomic E-state index is 0.0874. The molecular weight excluding hydrogens is 226 g/mol. The van der Waals surface area contributed by atoms with Gasteiger partial charge in [0.1, 0.15) is 0 Å². The van der Waals surface area contributed by atoms with Gasteiger partial charge in [-0.25, -0.2) is 0 Å². The molecule has 0 radical (unpaired) electrons. The van der Waals surface area contributed by atoms with E-state index in [0.717, 1.165) is 11.8 Å². The summed E-state index contributed by atoms with van der Waals surface area (Å²) in [5, 5.41) is 9.67. The lowest BCUT2D eigenvalue weighted by Crippen LogP contribution is -2.64. The molecule has 102 valence electrons. The molecule has 6 atom stereocenters. The molecule has 3 nitrogen and oxygen atoms in total. The molecule has 3 aliphatic carbocycles. The van der Waals surface area contributed by atoms with Gasteiger partial charge in [0.15, 0.2) is 0 Å². The molecule has 0 saturated heterocycles. The summed E-state index contributed by atoms with van der Waals surface area (Å²) in [5.74, 6) is 2.18. The molecule has 3 saturated carbocycles. The summed E-state index contributed by atoms with van der Waals surface area (Å²) < 4.78 is 0. The first-order valence-electron chi connectivity index (χ1n) is 7.45. The number of fused-ring (bicyclic) bond motifs is 1. The predicted octanol–water partition coefficient (Wildman–Crippen LogP) is 2.35. The zero-order valence-electron chi connectivity index (χ0n) is 11.4. The van der Waals surface area contributed by atoms with E-state index in [1.807, 2.05) is 13.8 Å². The van der Waals surface area contributed by atoms with Gasteiger partial charge in [-0.15, -0.1) is 0 Å². The second-order valence-electron chi connectivity index (χ2n) is 7.17. The summed E-state index contributed by atoms with van der Waals surface area (Å²) in [5.41, 5.74) is 6.04. The Hall–Kier alpha value is -0.570. The average molecular weight is 251 g/mol. The van der Waals surface area contributed by atoms with Gasteiger partial charge in [0.05, 0.1) is 5.92 Å². The number of carbonyl (C=O) groups is 1. The van der Waals surface area contributed by atoms with Gasteiger partial charge < -0.3 is 10.8 Å². The van der Waals surface area contributed by atoms with Crippen molar-refractivity contribution in [1.82, 2.24) is 0 Å². The van der Waals surface area contributed by atoms with Gasteiger partial charge in [-0.3, -0.25) is 4.79 Å². The SMILES string of the molecule is CC(C)C(C(=O)O)[C@]1(CN)[C@@H]2C[C@@H]3CC[C@H]1[C@H]2C3. The highest BCUT2D eigenvalue weighted by molar-refractivity contribution is 5.72. The Bertz CT molecular complexity index is 360. The third kappa shape index (κ3) is 1.31. The third-order valence-corrected chi connectivity index (χ3v) is 6.36. The van der Waals surface area contributed by atoms with E-state index in [4.69, 9.17) is 5.73 Å². The van der Waals surface area contributed by atoms with Gasteiger partial charge in [0.2, 0.25) is 0 Å². The molecule has 0 aromatic carbocycles. The molecule has 1 unspecified atom stereocenters. The quantitative estimate of drug-likeness (QED) is 0.806. The molecule has 0 aliphatic heterocycles. The van der Waals surface area contributed by atoms with Crippen molar-refractivity contribution in [2.24, 2.45) is 46.7 Å². The molecule has 3 N–H and O–H groups in total. The molecule has 0 aromatic rings. The molecule has 3 heteroatoms. The fourth-order valence-corrected chi connectivity index (χ4v) is 5.96. The smallest absolute Gasteiger partial charge is 0.307 e. The molecule has 18 heavy (non-hydrogen) atoms. The second-order valence-corrected chi connectivity index (χ2v) is 7.17. The van der Waals surface area contributed by atoms with Crippen LogP contribution in [0.5, 0.6) is 0 Å². The summed E-state index contributed by atoms with van der Waals surface area (Å²) in [6, 6.07) is 0. The number of carboxylic acids is 1. The highest BCUT2D eigenvalue weighted by atomic mass is 16.4. The normalized spacial score (nSPS) is 46.9. The second kappa shape index (κ2) is 3.96. The zero-order valence-corrected chi connectivity index (χ0v) is 11.4. The lowest BCUT2D eigenvalue weighted by Gasteiger charge is -2.63. The Labute approximate surface area is 109 Å². The molecule has 2 bridgehead atoms. The van der Waals surface area contributed by atoms with E-state index >= 15 is 0 Å². The van der Waals surface area contributed by atoms with Crippen molar-refractivity contribution in [2.45, 2.75) is 39.5 Å². The number of rotatable bonds is 4. The molecular formula is C15H25NO2. The molecule has 0 heterocycles. The van der Waals surface area contributed by atoms with E-state index in [9.17, 15) is 9.90 Å². The summed E-state index contributed by atoms with van der Waals surface area (Å²) in [7, 11) is 0. The highest BCUT2D eigenvalue weighted by Gasteiger charge is 2.69. The summed E-state index contributed by atoms with van der Waals surface area (Å²) in [6.45, 7) is 4.66. The van der Waals surface area contributed by atoms with E-state index in [-0.39, 0.29) is 17.3 Å². The van der Waals surface area contributed by atoms with E-state index in [1.54, 1.807) is 0 Å². The van der Waals surface area contributed by atoms with Crippen molar-refractivity contribution in [3.63, 3.8) is 0 Å². The largest absolute Gasteiger partial charge is 0.481 e. The van der Waals surface area contributed by atoms with Crippen LogP contribution >= 0.6 is 0 Å². The molecule has 0 aromatic heterocycles. The van der Waals surface area contributed by atoms with Gasteiger partial charge in [-0.05, 0) is 55.4 Å². The predicted molar refractivity (Wildman–Crippen MR) is 69.9 cm³/mol. The first-order valence-corrected chi connectivity index (χ1v) is 7.45. The fourth-order valence-electron chi connectivity index (χ4n) is 5.96. The minimum Gasteiger partial charge on any atom is -0.481 e. The molecule has 3 fully saturated rings. The number of aliphatic carboxylic acids is 1. The Morgan fingerprint density at radius 2 is 2.06 bits per heavy atom. The van der Waals surface area contributed by atoms with Crippen molar-refractivity contribution >= 4 is 5.97 Å². The number of hydrogen-bond acceptors (Lipinski definition) is 2. The maximum atomic E-state index is 11.7. The summed E-state index contributed by atoms with van der Waals surface area (Å²) in [4.78, 5) is 11.7. The Morgan fingerprint density at radius 1 is 1.33 bits per heavy atom. The van der Waals surface area contributed by atoms with Crippen LogP contribution in [0, 0.1) is 40.9 Å². The van der Waals surface area contributed by atoms with Gasteiger partial charge in [-0.1, -0.05) is 20.3 Å². The van der Waals surface area contributed by atoms with Crippen LogP contribution in [0.4, 0.5) is 0 Å².